The van der Waals surface area contributed by atoms with Crippen molar-refractivity contribution in [2.24, 2.45) is 5.92 Å². The lowest BCUT2D eigenvalue weighted by Crippen LogP contribution is -2.29. The minimum atomic E-state index is -0.222. The Kier molecular flexibility index (Phi) is 4.00. The fourth-order valence-corrected chi connectivity index (χ4v) is 1.92. The van der Waals surface area contributed by atoms with Crippen LogP contribution in [-0.2, 0) is 4.74 Å². The van der Waals surface area contributed by atoms with E-state index in [0.717, 1.165) is 13.0 Å². The lowest BCUT2D eigenvalue weighted by atomic mass is 10.0. The van der Waals surface area contributed by atoms with Gasteiger partial charge in [0.25, 0.3) is 0 Å². The van der Waals surface area contributed by atoms with Crippen LogP contribution in [0.4, 0.5) is 4.39 Å². The first-order chi connectivity index (χ1) is 8.15. The molecular formula is C14H19FO2. The Morgan fingerprint density at radius 2 is 2.24 bits per heavy atom. The molecule has 0 aromatic heterocycles. The number of rotatable bonds is 3. The summed E-state index contributed by atoms with van der Waals surface area (Å²) < 4.78 is 24.5. The zero-order valence-corrected chi connectivity index (χ0v) is 10.4. The summed E-state index contributed by atoms with van der Waals surface area (Å²) in [6.07, 6.45) is 2.35. The molecule has 0 spiro atoms. The van der Waals surface area contributed by atoms with Gasteiger partial charge in [0.15, 0.2) is 0 Å². The highest BCUT2D eigenvalue weighted by atomic mass is 19.1. The molecule has 2 nitrogen and oxygen atoms in total. The summed E-state index contributed by atoms with van der Waals surface area (Å²) in [5.74, 6) is 0.999. The van der Waals surface area contributed by atoms with Crippen molar-refractivity contribution in [3.05, 3.63) is 29.6 Å². The number of hydrogen-bond acceptors (Lipinski definition) is 2. The van der Waals surface area contributed by atoms with Crippen LogP contribution in [0, 0.1) is 18.7 Å². The average molecular weight is 238 g/mol. The number of hydrogen-bond donors (Lipinski definition) is 0. The van der Waals surface area contributed by atoms with Gasteiger partial charge in [-0.1, -0.05) is 13.0 Å². The molecule has 2 unspecified atom stereocenters. The van der Waals surface area contributed by atoms with Gasteiger partial charge < -0.3 is 9.47 Å². The summed E-state index contributed by atoms with van der Waals surface area (Å²) in [5.41, 5.74) is 0.639. The predicted molar refractivity (Wildman–Crippen MR) is 64.8 cm³/mol. The van der Waals surface area contributed by atoms with Crippen LogP contribution < -0.4 is 4.74 Å². The van der Waals surface area contributed by atoms with Gasteiger partial charge in [0.2, 0.25) is 0 Å². The standard InChI is InChI=1S/C14H19FO2/c1-10-3-5-13(16-8-10)9-17-12-6-4-11(2)14(15)7-12/h4,6-7,10,13H,3,5,8-9H2,1-2H3. The zero-order chi connectivity index (χ0) is 12.3. The highest BCUT2D eigenvalue weighted by Crippen LogP contribution is 2.20. The molecule has 17 heavy (non-hydrogen) atoms. The molecule has 1 aromatic carbocycles. The minimum Gasteiger partial charge on any atom is -0.491 e. The Balaban J connectivity index is 1.83. The van der Waals surface area contributed by atoms with Crippen LogP contribution in [0.5, 0.6) is 5.75 Å². The van der Waals surface area contributed by atoms with Gasteiger partial charge in [-0.25, -0.2) is 4.39 Å². The largest absolute Gasteiger partial charge is 0.491 e. The van der Waals surface area contributed by atoms with Crippen LogP contribution in [0.25, 0.3) is 0 Å². The highest BCUT2D eigenvalue weighted by molar-refractivity contribution is 5.27. The summed E-state index contributed by atoms with van der Waals surface area (Å²) in [4.78, 5) is 0. The van der Waals surface area contributed by atoms with E-state index in [-0.39, 0.29) is 11.9 Å². The van der Waals surface area contributed by atoms with Gasteiger partial charge in [0.05, 0.1) is 6.10 Å². The molecule has 1 saturated heterocycles. The Labute approximate surface area is 102 Å². The van der Waals surface area contributed by atoms with Gasteiger partial charge in [-0.3, -0.25) is 0 Å². The highest BCUT2D eigenvalue weighted by Gasteiger charge is 2.19. The first-order valence-electron chi connectivity index (χ1n) is 6.15. The van der Waals surface area contributed by atoms with Crippen LogP contribution in [0.1, 0.15) is 25.3 Å². The van der Waals surface area contributed by atoms with E-state index in [1.54, 1.807) is 19.1 Å². The van der Waals surface area contributed by atoms with Crippen LogP contribution >= 0.6 is 0 Å². The van der Waals surface area contributed by atoms with Gasteiger partial charge in [0.1, 0.15) is 18.2 Å². The van der Waals surface area contributed by atoms with Crippen molar-refractivity contribution in [2.75, 3.05) is 13.2 Å². The van der Waals surface area contributed by atoms with Crippen molar-refractivity contribution >= 4 is 0 Å². The number of aryl methyl sites for hydroxylation is 1. The molecule has 1 aromatic rings. The van der Waals surface area contributed by atoms with Gasteiger partial charge in [-0.2, -0.15) is 0 Å². The molecule has 1 aliphatic rings. The fourth-order valence-electron chi connectivity index (χ4n) is 1.92. The SMILES string of the molecule is Cc1ccc(OCC2CCC(C)CO2)cc1F. The van der Waals surface area contributed by atoms with Crippen molar-refractivity contribution in [3.63, 3.8) is 0 Å². The Bertz CT molecular complexity index is 370. The van der Waals surface area contributed by atoms with E-state index >= 15 is 0 Å². The molecule has 0 N–H and O–H groups in total. The van der Waals surface area contributed by atoms with E-state index in [0.29, 0.717) is 23.8 Å². The molecule has 1 fully saturated rings. The summed E-state index contributed by atoms with van der Waals surface area (Å²) in [5, 5.41) is 0. The first kappa shape index (κ1) is 12.4. The van der Waals surface area contributed by atoms with E-state index in [4.69, 9.17) is 9.47 Å². The molecule has 0 saturated carbocycles. The Morgan fingerprint density at radius 1 is 1.41 bits per heavy atom. The minimum absolute atomic E-state index is 0.149. The predicted octanol–water partition coefficient (Wildman–Crippen LogP) is 3.33. The smallest absolute Gasteiger partial charge is 0.129 e. The third-order valence-electron chi connectivity index (χ3n) is 3.18. The zero-order valence-electron chi connectivity index (χ0n) is 10.4. The molecule has 1 heterocycles. The second-order valence-corrected chi connectivity index (χ2v) is 4.86. The maximum atomic E-state index is 13.3. The molecular weight excluding hydrogens is 219 g/mol. The summed E-state index contributed by atoms with van der Waals surface area (Å²) in [7, 11) is 0. The third kappa shape index (κ3) is 3.43. The molecule has 0 radical (unpaired) electrons. The second kappa shape index (κ2) is 5.50. The van der Waals surface area contributed by atoms with Crippen molar-refractivity contribution in [3.8, 4) is 5.75 Å². The molecule has 94 valence electrons. The second-order valence-electron chi connectivity index (χ2n) is 4.86. The summed E-state index contributed by atoms with van der Waals surface area (Å²) >= 11 is 0. The van der Waals surface area contributed by atoms with Crippen LogP contribution in [-0.4, -0.2) is 19.3 Å². The monoisotopic (exact) mass is 238 g/mol. The van der Waals surface area contributed by atoms with E-state index in [1.807, 2.05) is 0 Å². The van der Waals surface area contributed by atoms with Crippen LogP contribution in [0.15, 0.2) is 18.2 Å². The lowest BCUT2D eigenvalue weighted by molar-refractivity contribution is -0.0334. The molecule has 0 aliphatic carbocycles. The van der Waals surface area contributed by atoms with Crippen molar-refractivity contribution < 1.29 is 13.9 Å². The van der Waals surface area contributed by atoms with Crippen molar-refractivity contribution in [1.82, 2.24) is 0 Å². The average Bonchev–Trinajstić information content (AvgIpc) is 2.33. The molecule has 1 aliphatic heterocycles. The normalized spacial score (nSPS) is 24.6. The van der Waals surface area contributed by atoms with Crippen molar-refractivity contribution in [2.45, 2.75) is 32.8 Å². The van der Waals surface area contributed by atoms with Gasteiger partial charge in [-0.15, -0.1) is 0 Å². The molecule has 0 bridgehead atoms. The molecule has 2 atom stereocenters. The Hall–Kier alpha value is -1.09. The van der Waals surface area contributed by atoms with E-state index in [9.17, 15) is 4.39 Å². The van der Waals surface area contributed by atoms with E-state index < -0.39 is 0 Å². The van der Waals surface area contributed by atoms with Gasteiger partial charge in [-0.05, 0) is 37.3 Å². The van der Waals surface area contributed by atoms with Crippen molar-refractivity contribution in [1.29, 1.82) is 0 Å². The number of ether oxygens (including phenoxy) is 2. The van der Waals surface area contributed by atoms with Crippen LogP contribution in [0.3, 0.4) is 0 Å². The molecule has 3 heteroatoms. The quantitative estimate of drug-likeness (QED) is 0.804. The Morgan fingerprint density at radius 3 is 2.88 bits per heavy atom. The maximum absolute atomic E-state index is 13.3. The first-order valence-corrected chi connectivity index (χ1v) is 6.15. The third-order valence-corrected chi connectivity index (χ3v) is 3.18. The van der Waals surface area contributed by atoms with Gasteiger partial charge >= 0.3 is 0 Å². The molecule has 2 rings (SSSR count). The fraction of sp³-hybridized carbons (Fsp3) is 0.571. The number of benzene rings is 1. The summed E-state index contributed by atoms with van der Waals surface area (Å²) in [6, 6.07) is 4.96. The topological polar surface area (TPSA) is 18.5 Å². The van der Waals surface area contributed by atoms with Gasteiger partial charge in [0, 0.05) is 12.7 Å². The lowest BCUT2D eigenvalue weighted by Gasteiger charge is -2.26. The van der Waals surface area contributed by atoms with E-state index in [2.05, 4.69) is 6.92 Å². The number of halogens is 1. The van der Waals surface area contributed by atoms with E-state index in [1.165, 1.54) is 12.5 Å². The maximum Gasteiger partial charge on any atom is 0.129 e. The van der Waals surface area contributed by atoms with Crippen LogP contribution in [0.2, 0.25) is 0 Å². The summed E-state index contributed by atoms with van der Waals surface area (Å²) in [6.45, 7) is 5.24. The molecule has 0 amide bonds.